The Labute approximate surface area is 266 Å². The molecule has 1 aliphatic rings. The van der Waals surface area contributed by atoms with Crippen LogP contribution in [0.2, 0.25) is 0 Å². The van der Waals surface area contributed by atoms with E-state index in [2.05, 4.69) is 113 Å². The average molecular weight is 691 g/mol. The molecule has 5 rings (SSSR count). The molecule has 0 unspecified atom stereocenters. The minimum absolute atomic E-state index is 0.299. The van der Waals surface area contributed by atoms with Crippen molar-refractivity contribution in [3.05, 3.63) is 121 Å². The van der Waals surface area contributed by atoms with Crippen LogP contribution in [0.1, 0.15) is 90.2 Å². The highest BCUT2D eigenvalue weighted by Crippen LogP contribution is 2.57. The lowest BCUT2D eigenvalue weighted by molar-refractivity contribution is 0.0521. The molecule has 42 heavy (non-hydrogen) atoms. The highest BCUT2D eigenvalue weighted by atomic mass is 79.9. The number of unbranched alkanes of at least 4 members (excludes halogenated alkanes) is 3. The van der Waals surface area contributed by atoms with Gasteiger partial charge in [0.15, 0.2) is 0 Å². The molecule has 0 N–H and O–H groups in total. The summed E-state index contributed by atoms with van der Waals surface area (Å²) < 4.78 is 13.8. The number of rotatable bonds is 11. The summed E-state index contributed by atoms with van der Waals surface area (Å²) in [5.74, 6) is 0.210. The van der Waals surface area contributed by atoms with E-state index in [4.69, 9.17) is 9.47 Å². The summed E-state index contributed by atoms with van der Waals surface area (Å²) >= 11 is 7.55. The molecule has 0 saturated heterocycles. The number of carbonyl (C=O) groups excluding carboxylic acids is 1. The third-order valence-corrected chi connectivity index (χ3v) is 9.37. The minimum Gasteiger partial charge on any atom is -0.493 e. The number of halogens is 2. The first-order valence-corrected chi connectivity index (χ1v) is 16.6. The van der Waals surface area contributed by atoms with Crippen molar-refractivity contribution in [2.45, 2.75) is 65.2 Å². The van der Waals surface area contributed by atoms with Crippen LogP contribution in [0.5, 0.6) is 5.75 Å². The van der Waals surface area contributed by atoms with E-state index in [-0.39, 0.29) is 5.97 Å². The number of ether oxygens (including phenoxy) is 2. The summed E-state index contributed by atoms with van der Waals surface area (Å²) in [6.07, 6.45) is 5.34. The third-order valence-electron chi connectivity index (χ3n) is 8.39. The summed E-state index contributed by atoms with van der Waals surface area (Å²) in [4.78, 5) is 13.4. The van der Waals surface area contributed by atoms with Gasteiger partial charge in [0, 0.05) is 8.95 Å². The maximum absolute atomic E-state index is 13.4. The molecule has 0 saturated carbocycles. The van der Waals surface area contributed by atoms with Crippen molar-refractivity contribution < 1.29 is 14.3 Å². The number of esters is 1. The van der Waals surface area contributed by atoms with Crippen molar-refractivity contribution in [3.63, 3.8) is 0 Å². The normalized spacial score (nSPS) is 13.0. The fourth-order valence-corrected chi connectivity index (χ4v) is 7.03. The van der Waals surface area contributed by atoms with E-state index >= 15 is 0 Å². The van der Waals surface area contributed by atoms with Crippen molar-refractivity contribution in [1.82, 2.24) is 0 Å². The number of hydrogen-bond donors (Lipinski definition) is 0. The van der Waals surface area contributed by atoms with Crippen LogP contribution in [0, 0.1) is 6.92 Å². The van der Waals surface area contributed by atoms with Gasteiger partial charge >= 0.3 is 5.97 Å². The standard InChI is InChI=1S/C37H38Br2O3/c1-5-8-9-10-19-42-35-18-13-27(21-32(35)36(40)41-7-3)37(26-12-11-24(4)25(6-2)20-26)33-22-28(38)14-16-30(33)31-17-15-29(39)23-34(31)37/h11-18,20-23H,5-10,19H2,1-4H3. The molecular formula is C37H38Br2O3. The van der Waals surface area contributed by atoms with E-state index < -0.39 is 5.41 Å². The molecule has 1 aliphatic carbocycles. The van der Waals surface area contributed by atoms with Crippen molar-refractivity contribution in [2.24, 2.45) is 0 Å². The monoisotopic (exact) mass is 688 g/mol. The Balaban J connectivity index is 1.79. The summed E-state index contributed by atoms with van der Waals surface area (Å²) in [5, 5.41) is 0. The Bertz CT molecular complexity index is 1560. The van der Waals surface area contributed by atoms with Crippen molar-refractivity contribution in [3.8, 4) is 16.9 Å². The zero-order valence-corrected chi connectivity index (χ0v) is 28.0. The van der Waals surface area contributed by atoms with Gasteiger partial charge in [-0.15, -0.1) is 0 Å². The zero-order chi connectivity index (χ0) is 29.9. The molecule has 0 bridgehead atoms. The molecule has 3 nitrogen and oxygen atoms in total. The molecular weight excluding hydrogens is 652 g/mol. The predicted molar refractivity (Wildman–Crippen MR) is 179 cm³/mol. The van der Waals surface area contributed by atoms with Crippen LogP contribution in [-0.2, 0) is 16.6 Å². The maximum atomic E-state index is 13.4. The van der Waals surface area contributed by atoms with Gasteiger partial charge in [-0.25, -0.2) is 4.79 Å². The van der Waals surface area contributed by atoms with Gasteiger partial charge in [-0.3, -0.25) is 0 Å². The van der Waals surface area contributed by atoms with E-state index in [0.29, 0.717) is 24.5 Å². The quantitative estimate of drug-likeness (QED) is 0.102. The third kappa shape index (κ3) is 5.58. The molecule has 218 valence electrons. The molecule has 0 aromatic heterocycles. The first kappa shape index (κ1) is 30.6. The Morgan fingerprint density at radius 2 is 1.40 bits per heavy atom. The van der Waals surface area contributed by atoms with Gasteiger partial charge in [0.25, 0.3) is 0 Å². The molecule has 0 atom stereocenters. The highest BCUT2D eigenvalue weighted by molar-refractivity contribution is 9.10. The van der Waals surface area contributed by atoms with Crippen LogP contribution in [-0.4, -0.2) is 19.2 Å². The molecule has 0 amide bonds. The second-order valence-corrected chi connectivity index (χ2v) is 12.8. The van der Waals surface area contributed by atoms with Crippen LogP contribution in [0.15, 0.2) is 81.7 Å². The van der Waals surface area contributed by atoms with E-state index in [1.165, 1.54) is 51.8 Å². The number of carbonyl (C=O) groups is 1. The molecule has 4 aromatic carbocycles. The Morgan fingerprint density at radius 3 is 2.02 bits per heavy atom. The zero-order valence-electron chi connectivity index (χ0n) is 24.9. The van der Waals surface area contributed by atoms with Crippen molar-refractivity contribution in [1.29, 1.82) is 0 Å². The molecule has 5 heteroatoms. The lowest BCUT2D eigenvalue weighted by Crippen LogP contribution is -2.29. The fraction of sp³-hybridized carbons (Fsp3) is 0.324. The summed E-state index contributed by atoms with van der Waals surface area (Å²) in [7, 11) is 0. The van der Waals surface area contributed by atoms with Gasteiger partial charge in [-0.05, 0) is 108 Å². The molecule has 0 heterocycles. The smallest absolute Gasteiger partial charge is 0.341 e. The van der Waals surface area contributed by atoms with E-state index in [1.54, 1.807) is 0 Å². The lowest BCUT2D eigenvalue weighted by atomic mass is 9.67. The van der Waals surface area contributed by atoms with Gasteiger partial charge in [0.1, 0.15) is 11.3 Å². The Hall–Kier alpha value is -2.89. The van der Waals surface area contributed by atoms with Gasteiger partial charge < -0.3 is 9.47 Å². The number of aryl methyl sites for hydroxylation is 2. The van der Waals surface area contributed by atoms with Crippen LogP contribution < -0.4 is 4.74 Å². The lowest BCUT2D eigenvalue weighted by Gasteiger charge is -2.35. The minimum atomic E-state index is -0.656. The van der Waals surface area contributed by atoms with Crippen LogP contribution in [0.25, 0.3) is 11.1 Å². The second-order valence-electron chi connectivity index (χ2n) is 11.0. The Kier molecular flexibility index (Phi) is 9.59. The van der Waals surface area contributed by atoms with Crippen LogP contribution in [0.4, 0.5) is 0 Å². The number of fused-ring (bicyclic) bond motifs is 3. The molecule has 0 aliphatic heterocycles. The second kappa shape index (κ2) is 13.2. The van der Waals surface area contributed by atoms with E-state index in [0.717, 1.165) is 33.8 Å². The van der Waals surface area contributed by atoms with Gasteiger partial charge in [-0.1, -0.05) is 101 Å². The fourth-order valence-electron chi connectivity index (χ4n) is 6.31. The molecule has 4 aromatic rings. The van der Waals surface area contributed by atoms with E-state index in [9.17, 15) is 4.79 Å². The Morgan fingerprint density at radius 1 is 0.762 bits per heavy atom. The van der Waals surface area contributed by atoms with Crippen LogP contribution in [0.3, 0.4) is 0 Å². The summed E-state index contributed by atoms with van der Waals surface area (Å²) in [5.41, 5.74) is 9.31. The largest absolute Gasteiger partial charge is 0.493 e. The number of hydrogen-bond acceptors (Lipinski definition) is 3. The first-order chi connectivity index (χ1) is 20.3. The summed E-state index contributed by atoms with van der Waals surface area (Å²) in [6.45, 7) is 9.28. The number of benzene rings is 4. The molecule has 0 spiro atoms. The average Bonchev–Trinajstić information content (AvgIpc) is 3.26. The van der Waals surface area contributed by atoms with Gasteiger partial charge in [0.05, 0.1) is 18.6 Å². The SMILES string of the molecule is CCCCCCOc1ccc(C2(c3ccc(C)c(CC)c3)c3cc(Br)ccc3-c3ccc(Br)cc32)cc1C(=O)OCC. The van der Waals surface area contributed by atoms with Crippen molar-refractivity contribution >= 4 is 37.8 Å². The first-order valence-electron chi connectivity index (χ1n) is 15.0. The summed E-state index contributed by atoms with van der Waals surface area (Å²) in [6, 6.07) is 26.0. The van der Waals surface area contributed by atoms with E-state index in [1.807, 2.05) is 19.1 Å². The van der Waals surface area contributed by atoms with Gasteiger partial charge in [0.2, 0.25) is 0 Å². The highest BCUT2D eigenvalue weighted by Gasteiger charge is 2.47. The topological polar surface area (TPSA) is 35.5 Å². The van der Waals surface area contributed by atoms with Crippen LogP contribution >= 0.6 is 31.9 Å². The van der Waals surface area contributed by atoms with Crippen molar-refractivity contribution in [2.75, 3.05) is 13.2 Å². The molecule has 0 radical (unpaired) electrons. The predicted octanol–water partition coefficient (Wildman–Crippen LogP) is 10.6. The maximum Gasteiger partial charge on any atom is 0.341 e. The molecule has 0 fully saturated rings. The van der Waals surface area contributed by atoms with Gasteiger partial charge in [-0.2, -0.15) is 0 Å².